The Balaban J connectivity index is 1.45. The van der Waals surface area contributed by atoms with E-state index < -0.39 is 11.7 Å². The molecule has 0 saturated heterocycles. The summed E-state index contributed by atoms with van der Waals surface area (Å²) in [6, 6.07) is 15.8. The molecule has 160 valence electrons. The van der Waals surface area contributed by atoms with Crippen molar-refractivity contribution < 1.29 is 9.53 Å². The molecule has 0 aliphatic heterocycles. The fourth-order valence-electron chi connectivity index (χ4n) is 3.25. The quantitative estimate of drug-likeness (QED) is 0.454. The lowest BCUT2D eigenvalue weighted by Gasteiger charge is -2.19. The van der Waals surface area contributed by atoms with E-state index in [0.717, 1.165) is 34.4 Å². The molecule has 4 rings (SSSR count). The lowest BCUT2D eigenvalue weighted by atomic mass is 10.1. The van der Waals surface area contributed by atoms with Crippen LogP contribution < -0.4 is 10.6 Å². The Morgan fingerprint density at radius 2 is 1.90 bits per heavy atom. The molecule has 3 aromatic heterocycles. The third-order valence-corrected chi connectivity index (χ3v) is 4.60. The number of carbonyl (C=O) groups excluding carboxylic acids is 1. The number of nitrogens with zero attached hydrogens (tertiary/aromatic N) is 4. The van der Waals surface area contributed by atoms with E-state index in [1.54, 1.807) is 0 Å². The molecule has 1 amide bonds. The number of hydrogen-bond acceptors (Lipinski definition) is 6. The second kappa shape index (κ2) is 8.59. The van der Waals surface area contributed by atoms with Crippen LogP contribution in [0.1, 0.15) is 27.2 Å². The summed E-state index contributed by atoms with van der Waals surface area (Å²) < 4.78 is 7.17. The van der Waals surface area contributed by atoms with Crippen molar-refractivity contribution in [2.24, 2.45) is 0 Å². The van der Waals surface area contributed by atoms with Gasteiger partial charge in [-0.2, -0.15) is 0 Å². The minimum Gasteiger partial charge on any atom is -0.444 e. The second-order valence-corrected chi connectivity index (χ2v) is 8.24. The van der Waals surface area contributed by atoms with Gasteiger partial charge in [-0.3, -0.25) is 4.40 Å². The van der Waals surface area contributed by atoms with E-state index in [-0.39, 0.29) is 0 Å². The van der Waals surface area contributed by atoms with Gasteiger partial charge < -0.3 is 15.4 Å². The van der Waals surface area contributed by atoms with Crippen molar-refractivity contribution in [3.8, 4) is 11.5 Å². The molecule has 31 heavy (non-hydrogen) atoms. The van der Waals surface area contributed by atoms with Gasteiger partial charge in [0.15, 0.2) is 11.5 Å². The highest BCUT2D eigenvalue weighted by Gasteiger charge is 2.15. The van der Waals surface area contributed by atoms with Crippen molar-refractivity contribution >= 4 is 28.3 Å². The molecule has 4 aromatic rings. The van der Waals surface area contributed by atoms with E-state index in [1.165, 1.54) is 0 Å². The molecular weight excluding hydrogens is 392 g/mol. The van der Waals surface area contributed by atoms with Crippen molar-refractivity contribution in [3.63, 3.8) is 0 Å². The van der Waals surface area contributed by atoms with Gasteiger partial charge in [0.1, 0.15) is 11.3 Å². The fourth-order valence-corrected chi connectivity index (χ4v) is 3.25. The zero-order chi connectivity index (χ0) is 21.8. The Hall–Kier alpha value is -3.68. The Morgan fingerprint density at radius 1 is 1.03 bits per heavy atom. The summed E-state index contributed by atoms with van der Waals surface area (Å²) >= 11 is 0. The number of nitrogens with one attached hydrogen (secondary N) is 2. The minimum absolute atomic E-state index is 0.399. The van der Waals surface area contributed by atoms with Gasteiger partial charge in [0.2, 0.25) is 0 Å². The summed E-state index contributed by atoms with van der Waals surface area (Å²) in [5.41, 5.74) is 2.85. The zero-order valence-corrected chi connectivity index (χ0v) is 17.9. The van der Waals surface area contributed by atoms with Crippen molar-refractivity contribution in [1.82, 2.24) is 24.9 Å². The normalized spacial score (nSPS) is 11.6. The van der Waals surface area contributed by atoms with Gasteiger partial charge in [-0.25, -0.2) is 9.78 Å². The van der Waals surface area contributed by atoms with Crippen LogP contribution in [0.2, 0.25) is 0 Å². The molecule has 0 atom stereocenters. The third-order valence-electron chi connectivity index (χ3n) is 4.60. The fraction of sp³-hybridized carbons (Fsp3) is 0.304. The third kappa shape index (κ3) is 4.91. The molecule has 0 aliphatic rings. The van der Waals surface area contributed by atoms with Crippen molar-refractivity contribution in [1.29, 1.82) is 0 Å². The lowest BCUT2D eigenvalue weighted by molar-refractivity contribution is 0.0528. The van der Waals surface area contributed by atoms with E-state index in [0.29, 0.717) is 18.9 Å². The smallest absolute Gasteiger partial charge is 0.407 e. The predicted molar refractivity (Wildman–Crippen MR) is 121 cm³/mol. The van der Waals surface area contributed by atoms with Crippen LogP contribution in [-0.4, -0.2) is 44.4 Å². The molecule has 8 heteroatoms. The van der Waals surface area contributed by atoms with E-state index in [1.807, 2.05) is 79.9 Å². The van der Waals surface area contributed by atoms with E-state index >= 15 is 0 Å². The topological polar surface area (TPSA) is 93.4 Å². The first-order valence-corrected chi connectivity index (χ1v) is 10.3. The molecule has 8 nitrogen and oxygen atoms in total. The molecule has 2 N–H and O–H groups in total. The number of para-hydroxylation sites is 1. The second-order valence-electron chi connectivity index (χ2n) is 8.24. The van der Waals surface area contributed by atoms with E-state index in [4.69, 9.17) is 9.72 Å². The molecule has 3 heterocycles. The Morgan fingerprint density at radius 3 is 2.74 bits per heavy atom. The van der Waals surface area contributed by atoms with Gasteiger partial charge in [-0.1, -0.05) is 24.3 Å². The SMILES string of the molecule is CC(C)(C)OC(=O)NCCCNc1cccc2ccc(-c3nnc4ccccn34)nc12. The number of rotatable bonds is 6. The van der Waals surface area contributed by atoms with Crippen molar-refractivity contribution in [3.05, 3.63) is 54.7 Å². The Labute approximate surface area is 180 Å². The number of aromatic nitrogens is 4. The van der Waals surface area contributed by atoms with Gasteiger partial charge in [0.05, 0.1) is 11.2 Å². The molecular formula is C23H26N6O2. The number of ether oxygens (including phenoxy) is 1. The number of alkyl carbamates (subject to hydrolysis) is 1. The molecule has 0 fully saturated rings. The van der Waals surface area contributed by atoms with E-state index in [9.17, 15) is 4.79 Å². The van der Waals surface area contributed by atoms with Crippen molar-refractivity contribution in [2.75, 3.05) is 18.4 Å². The van der Waals surface area contributed by atoms with Gasteiger partial charge >= 0.3 is 6.09 Å². The molecule has 0 unspecified atom stereocenters. The van der Waals surface area contributed by atoms with Gasteiger partial charge in [0.25, 0.3) is 0 Å². The number of anilines is 1. The highest BCUT2D eigenvalue weighted by Crippen LogP contribution is 2.25. The first-order valence-electron chi connectivity index (χ1n) is 10.3. The molecule has 0 radical (unpaired) electrons. The largest absolute Gasteiger partial charge is 0.444 e. The van der Waals surface area contributed by atoms with Crippen molar-refractivity contribution in [2.45, 2.75) is 32.8 Å². The summed E-state index contributed by atoms with van der Waals surface area (Å²) in [7, 11) is 0. The van der Waals surface area contributed by atoms with Crippen LogP contribution in [0.4, 0.5) is 10.5 Å². The average Bonchev–Trinajstić information content (AvgIpc) is 3.16. The summed E-state index contributed by atoms with van der Waals surface area (Å²) in [6.45, 7) is 6.75. The highest BCUT2D eigenvalue weighted by molar-refractivity contribution is 5.91. The van der Waals surface area contributed by atoms with Crippen LogP contribution in [0.5, 0.6) is 0 Å². The maximum atomic E-state index is 11.7. The highest BCUT2D eigenvalue weighted by atomic mass is 16.6. The standard InChI is InChI=1S/C23H26N6O2/c1-23(2,3)31-22(30)25-14-7-13-24-17-9-6-8-16-11-12-18(26-20(16)17)21-28-27-19-10-4-5-15-29(19)21/h4-6,8-12,15,24H,7,13-14H2,1-3H3,(H,25,30). The number of carbonyl (C=O) groups is 1. The van der Waals surface area contributed by atoms with Crippen LogP contribution >= 0.6 is 0 Å². The number of benzene rings is 1. The van der Waals surface area contributed by atoms with Gasteiger partial charge in [0, 0.05) is 24.7 Å². The van der Waals surface area contributed by atoms with Crippen LogP contribution in [0.3, 0.4) is 0 Å². The number of hydrogen-bond donors (Lipinski definition) is 2. The summed E-state index contributed by atoms with van der Waals surface area (Å²) in [6.07, 6.45) is 2.28. The zero-order valence-electron chi connectivity index (χ0n) is 17.9. The Bertz CT molecular complexity index is 1210. The molecule has 0 aliphatic carbocycles. The van der Waals surface area contributed by atoms with Crippen LogP contribution in [0.15, 0.2) is 54.7 Å². The van der Waals surface area contributed by atoms with Crippen LogP contribution in [-0.2, 0) is 4.74 Å². The van der Waals surface area contributed by atoms with Crippen LogP contribution in [0.25, 0.3) is 28.1 Å². The minimum atomic E-state index is -0.496. The summed E-state index contributed by atoms with van der Waals surface area (Å²) in [4.78, 5) is 16.6. The molecule has 0 bridgehead atoms. The number of fused-ring (bicyclic) bond motifs is 2. The predicted octanol–water partition coefficient (Wildman–Crippen LogP) is 4.27. The maximum absolute atomic E-state index is 11.7. The number of amides is 1. The van der Waals surface area contributed by atoms with Crippen LogP contribution in [0, 0.1) is 0 Å². The average molecular weight is 419 g/mol. The number of pyridine rings is 2. The summed E-state index contributed by atoms with van der Waals surface area (Å²) in [5.74, 6) is 0.703. The maximum Gasteiger partial charge on any atom is 0.407 e. The molecule has 0 saturated carbocycles. The Kier molecular flexibility index (Phi) is 5.70. The van der Waals surface area contributed by atoms with E-state index in [2.05, 4.69) is 20.8 Å². The first-order chi connectivity index (χ1) is 14.9. The van der Waals surface area contributed by atoms with Gasteiger partial charge in [-0.15, -0.1) is 10.2 Å². The first kappa shape index (κ1) is 20.6. The molecule has 1 aromatic carbocycles. The summed E-state index contributed by atoms with van der Waals surface area (Å²) in [5, 5.41) is 15.8. The molecule has 0 spiro atoms. The lowest BCUT2D eigenvalue weighted by Crippen LogP contribution is -2.33. The monoisotopic (exact) mass is 418 g/mol. The van der Waals surface area contributed by atoms with Gasteiger partial charge in [-0.05, 0) is 51.5 Å².